The van der Waals surface area contributed by atoms with E-state index in [2.05, 4.69) is 25.5 Å². The molecule has 0 amide bonds. The quantitative estimate of drug-likeness (QED) is 0.561. The van der Waals surface area contributed by atoms with Crippen molar-refractivity contribution in [3.05, 3.63) is 36.8 Å². The smallest absolute Gasteiger partial charge is 0.243 e. The van der Waals surface area contributed by atoms with Crippen LogP contribution < -0.4 is 11.1 Å². The average molecular weight is 378 g/mol. The van der Waals surface area contributed by atoms with Gasteiger partial charge in [-0.3, -0.25) is 0 Å². The van der Waals surface area contributed by atoms with Crippen molar-refractivity contribution in [3.63, 3.8) is 0 Å². The van der Waals surface area contributed by atoms with Gasteiger partial charge in [-0.2, -0.15) is 10.1 Å². The first kappa shape index (κ1) is 16.9. The molecule has 144 valence electrons. The van der Waals surface area contributed by atoms with E-state index in [4.69, 9.17) is 10.5 Å². The van der Waals surface area contributed by atoms with Crippen molar-refractivity contribution in [3.8, 4) is 11.3 Å². The molecule has 0 spiro atoms. The van der Waals surface area contributed by atoms with Crippen molar-refractivity contribution in [1.82, 2.24) is 29.2 Å². The van der Waals surface area contributed by atoms with Crippen LogP contribution in [0, 0.1) is 0 Å². The molecule has 0 saturated heterocycles. The number of nitrogens with two attached hydrogens (primary N) is 1. The number of nitrogen functional groups attached to an aromatic ring is 1. The van der Waals surface area contributed by atoms with Gasteiger partial charge in [0, 0.05) is 37.3 Å². The number of imidazole rings is 1. The number of rotatable bonds is 4. The Balaban J connectivity index is 1.44. The second-order valence-electron chi connectivity index (χ2n) is 7.15. The van der Waals surface area contributed by atoms with Gasteiger partial charge >= 0.3 is 0 Å². The standard InChI is InChI=1S/C19H22N8O/c1-28-13-4-2-12(3-5-13)22-19-23-18(20)17-14(8-10-27(17)25-19)15-6-7-16-21-9-11-26(16)24-15/h6-13H,2-5H2,1H3,(H3,20,22,23,25). The molecule has 3 N–H and O–H groups in total. The number of nitrogens with one attached hydrogen (secondary N) is 1. The summed E-state index contributed by atoms with van der Waals surface area (Å²) in [7, 11) is 1.78. The van der Waals surface area contributed by atoms with E-state index >= 15 is 0 Å². The van der Waals surface area contributed by atoms with Crippen molar-refractivity contribution in [2.45, 2.75) is 37.8 Å². The Labute approximate surface area is 161 Å². The first-order chi connectivity index (χ1) is 13.7. The Morgan fingerprint density at radius 3 is 2.75 bits per heavy atom. The molecular weight excluding hydrogens is 356 g/mol. The van der Waals surface area contributed by atoms with Crippen LogP contribution in [-0.2, 0) is 4.74 Å². The molecule has 1 aliphatic rings. The zero-order chi connectivity index (χ0) is 19.1. The molecule has 9 nitrogen and oxygen atoms in total. The van der Waals surface area contributed by atoms with Gasteiger partial charge in [-0.15, -0.1) is 5.10 Å². The Kier molecular flexibility index (Phi) is 4.09. The summed E-state index contributed by atoms with van der Waals surface area (Å²) in [6, 6.07) is 6.15. The predicted octanol–water partition coefficient (Wildman–Crippen LogP) is 2.39. The molecule has 1 aliphatic carbocycles. The molecule has 1 fully saturated rings. The lowest BCUT2D eigenvalue weighted by molar-refractivity contribution is 0.0681. The molecule has 4 heterocycles. The highest BCUT2D eigenvalue weighted by Crippen LogP contribution is 2.28. The molecule has 0 radical (unpaired) electrons. The second kappa shape index (κ2) is 6.75. The van der Waals surface area contributed by atoms with Crippen molar-refractivity contribution >= 4 is 22.9 Å². The molecule has 28 heavy (non-hydrogen) atoms. The Morgan fingerprint density at radius 2 is 1.93 bits per heavy atom. The Bertz CT molecular complexity index is 1130. The van der Waals surface area contributed by atoms with Gasteiger partial charge in [0.1, 0.15) is 5.52 Å². The number of fused-ring (bicyclic) bond motifs is 2. The molecular formula is C19H22N8O. The summed E-state index contributed by atoms with van der Waals surface area (Å²) < 4.78 is 8.94. The van der Waals surface area contributed by atoms with Crippen LogP contribution >= 0.6 is 0 Å². The highest BCUT2D eigenvalue weighted by atomic mass is 16.5. The maximum Gasteiger partial charge on any atom is 0.243 e. The van der Waals surface area contributed by atoms with E-state index in [9.17, 15) is 0 Å². The largest absolute Gasteiger partial charge is 0.382 e. The minimum Gasteiger partial charge on any atom is -0.382 e. The van der Waals surface area contributed by atoms with Crippen molar-refractivity contribution in [1.29, 1.82) is 0 Å². The summed E-state index contributed by atoms with van der Waals surface area (Å²) in [5.74, 6) is 0.974. The maximum absolute atomic E-state index is 6.30. The highest BCUT2D eigenvalue weighted by Gasteiger charge is 2.22. The fourth-order valence-corrected chi connectivity index (χ4v) is 3.90. The number of anilines is 2. The Hall–Kier alpha value is -3.20. The molecule has 4 aromatic rings. The third kappa shape index (κ3) is 2.93. The van der Waals surface area contributed by atoms with Gasteiger partial charge in [-0.25, -0.2) is 14.0 Å². The van der Waals surface area contributed by atoms with E-state index in [0.29, 0.717) is 23.9 Å². The summed E-state index contributed by atoms with van der Waals surface area (Å²) in [5.41, 5.74) is 9.53. The molecule has 4 aromatic heterocycles. The van der Waals surface area contributed by atoms with Gasteiger partial charge in [-0.1, -0.05) is 0 Å². The van der Waals surface area contributed by atoms with E-state index in [-0.39, 0.29) is 0 Å². The van der Waals surface area contributed by atoms with Gasteiger partial charge in [0.2, 0.25) is 5.95 Å². The first-order valence-electron chi connectivity index (χ1n) is 9.46. The summed E-state index contributed by atoms with van der Waals surface area (Å²) in [4.78, 5) is 8.73. The van der Waals surface area contributed by atoms with E-state index in [0.717, 1.165) is 48.1 Å². The van der Waals surface area contributed by atoms with Gasteiger partial charge in [0.25, 0.3) is 0 Å². The zero-order valence-electron chi connectivity index (χ0n) is 15.6. The van der Waals surface area contributed by atoms with E-state index in [1.807, 2.05) is 30.6 Å². The van der Waals surface area contributed by atoms with E-state index < -0.39 is 0 Å². The van der Waals surface area contributed by atoms with Crippen LogP contribution in [0.1, 0.15) is 25.7 Å². The first-order valence-corrected chi connectivity index (χ1v) is 9.46. The SMILES string of the molecule is COC1CCC(Nc2nc(N)c3c(-c4ccc5nccn5n4)ccn3n2)CC1. The predicted molar refractivity (Wildman–Crippen MR) is 106 cm³/mol. The van der Waals surface area contributed by atoms with Crippen LogP contribution in [0.25, 0.3) is 22.4 Å². The number of ether oxygens (including phenoxy) is 1. The second-order valence-corrected chi connectivity index (χ2v) is 7.15. The lowest BCUT2D eigenvalue weighted by Gasteiger charge is -2.28. The van der Waals surface area contributed by atoms with Crippen molar-refractivity contribution in [2.24, 2.45) is 0 Å². The topological polar surface area (TPSA) is 108 Å². The van der Waals surface area contributed by atoms with E-state index in [1.54, 1.807) is 22.3 Å². The van der Waals surface area contributed by atoms with Gasteiger partial charge in [0.05, 0.1) is 11.8 Å². The third-order valence-electron chi connectivity index (χ3n) is 5.41. The third-order valence-corrected chi connectivity index (χ3v) is 5.41. The molecule has 0 aliphatic heterocycles. The summed E-state index contributed by atoms with van der Waals surface area (Å²) in [5, 5.41) is 12.6. The number of nitrogens with zero attached hydrogens (tertiary/aromatic N) is 6. The fourth-order valence-electron chi connectivity index (χ4n) is 3.90. The number of hydrogen-bond donors (Lipinski definition) is 2. The van der Waals surface area contributed by atoms with E-state index in [1.165, 1.54) is 0 Å². The fraction of sp³-hybridized carbons (Fsp3) is 0.368. The highest BCUT2D eigenvalue weighted by molar-refractivity contribution is 5.86. The van der Waals surface area contributed by atoms with Crippen LogP contribution in [0.2, 0.25) is 0 Å². The number of methoxy groups -OCH3 is 1. The summed E-state index contributed by atoms with van der Waals surface area (Å²) in [6.45, 7) is 0. The monoisotopic (exact) mass is 378 g/mol. The maximum atomic E-state index is 6.30. The van der Waals surface area contributed by atoms with Crippen molar-refractivity contribution in [2.75, 3.05) is 18.2 Å². The zero-order valence-corrected chi connectivity index (χ0v) is 15.6. The van der Waals surface area contributed by atoms with Crippen LogP contribution in [-0.4, -0.2) is 48.5 Å². The minimum absolute atomic E-state index is 0.337. The van der Waals surface area contributed by atoms with Gasteiger partial charge < -0.3 is 15.8 Å². The lowest BCUT2D eigenvalue weighted by atomic mass is 9.93. The molecule has 0 atom stereocenters. The lowest BCUT2D eigenvalue weighted by Crippen LogP contribution is -2.30. The van der Waals surface area contributed by atoms with Crippen molar-refractivity contribution < 1.29 is 4.74 Å². The molecule has 1 saturated carbocycles. The minimum atomic E-state index is 0.337. The number of aromatic nitrogens is 6. The molecule has 0 bridgehead atoms. The molecule has 0 aromatic carbocycles. The van der Waals surface area contributed by atoms with Crippen LogP contribution in [0.5, 0.6) is 0 Å². The normalized spacial score (nSPS) is 20.0. The molecule has 9 heteroatoms. The average Bonchev–Trinajstić information content (AvgIpc) is 3.35. The van der Waals surface area contributed by atoms with Crippen LogP contribution in [0.3, 0.4) is 0 Å². The van der Waals surface area contributed by atoms with Crippen LogP contribution in [0.4, 0.5) is 11.8 Å². The van der Waals surface area contributed by atoms with Gasteiger partial charge in [-0.05, 0) is 43.9 Å². The molecule has 5 rings (SSSR count). The Morgan fingerprint density at radius 1 is 1.07 bits per heavy atom. The van der Waals surface area contributed by atoms with Crippen LogP contribution in [0.15, 0.2) is 36.8 Å². The van der Waals surface area contributed by atoms with Gasteiger partial charge in [0.15, 0.2) is 11.5 Å². The summed E-state index contributed by atoms with van der Waals surface area (Å²) >= 11 is 0. The molecule has 0 unspecified atom stereocenters. The number of hydrogen-bond acceptors (Lipinski definition) is 7. The summed E-state index contributed by atoms with van der Waals surface area (Å²) in [6.07, 6.45) is 9.94.